The molecule has 0 unspecified atom stereocenters. The van der Waals surface area contributed by atoms with Gasteiger partial charge in [-0.1, -0.05) is 0 Å². The maximum atomic E-state index is 12.4. The highest BCUT2D eigenvalue weighted by Gasteiger charge is 2.25. The molecule has 0 aliphatic carbocycles. The molecule has 0 atom stereocenters. The number of halogens is 1. The molecule has 1 aromatic carbocycles. The molecule has 0 saturated carbocycles. The van der Waals surface area contributed by atoms with Crippen molar-refractivity contribution in [1.82, 2.24) is 4.90 Å². The van der Waals surface area contributed by atoms with Gasteiger partial charge in [0.2, 0.25) is 0 Å². The van der Waals surface area contributed by atoms with Gasteiger partial charge in [0.25, 0.3) is 5.91 Å². The molecule has 0 aromatic heterocycles. The van der Waals surface area contributed by atoms with Crippen molar-refractivity contribution < 1.29 is 14.6 Å². The van der Waals surface area contributed by atoms with Crippen molar-refractivity contribution in [2.24, 2.45) is 5.73 Å². The van der Waals surface area contributed by atoms with Crippen molar-refractivity contribution in [2.45, 2.75) is 25.4 Å². The van der Waals surface area contributed by atoms with E-state index in [2.05, 4.69) is 22.6 Å². The van der Waals surface area contributed by atoms with E-state index in [9.17, 15) is 9.90 Å². The molecule has 1 aromatic rings. The zero-order valence-corrected chi connectivity index (χ0v) is 14.1. The minimum Gasteiger partial charge on any atom is -0.507 e. The Kier molecular flexibility index (Phi) is 6.25. The summed E-state index contributed by atoms with van der Waals surface area (Å²) < 4.78 is 6.67. The zero-order chi connectivity index (χ0) is 15.2. The van der Waals surface area contributed by atoms with Gasteiger partial charge in [-0.05, 0) is 66.6 Å². The van der Waals surface area contributed by atoms with E-state index in [-0.39, 0.29) is 17.8 Å². The van der Waals surface area contributed by atoms with Gasteiger partial charge in [0.15, 0.2) is 0 Å². The normalized spacial score (nSPS) is 16.2. The average molecular weight is 404 g/mol. The lowest BCUT2D eigenvalue weighted by Crippen LogP contribution is -2.41. The highest BCUT2D eigenvalue weighted by molar-refractivity contribution is 14.1. The summed E-state index contributed by atoms with van der Waals surface area (Å²) >= 11 is 2.14. The number of phenols is 1. The lowest BCUT2D eigenvalue weighted by atomic mass is 10.1. The van der Waals surface area contributed by atoms with Crippen LogP contribution < -0.4 is 5.73 Å². The van der Waals surface area contributed by atoms with Gasteiger partial charge in [-0.2, -0.15) is 0 Å². The number of benzene rings is 1. The fourth-order valence-electron chi connectivity index (χ4n) is 2.41. The van der Waals surface area contributed by atoms with E-state index in [1.165, 1.54) is 0 Å². The van der Waals surface area contributed by atoms with Crippen molar-refractivity contribution in [3.05, 3.63) is 27.3 Å². The summed E-state index contributed by atoms with van der Waals surface area (Å²) in [4.78, 5) is 14.2. The summed E-state index contributed by atoms with van der Waals surface area (Å²) in [5.74, 6) is -0.0619. The van der Waals surface area contributed by atoms with Crippen LogP contribution in [0, 0.1) is 3.57 Å². The van der Waals surface area contributed by atoms with Crippen molar-refractivity contribution in [1.29, 1.82) is 0 Å². The second-order valence-corrected chi connectivity index (χ2v) is 6.41. The summed E-state index contributed by atoms with van der Waals surface area (Å²) in [5, 5.41) is 9.84. The second-order valence-electron chi connectivity index (χ2n) is 5.17. The molecule has 0 radical (unpaired) electrons. The Balaban J connectivity index is 1.89. The second kappa shape index (κ2) is 7.95. The van der Waals surface area contributed by atoms with E-state index in [1.54, 1.807) is 23.1 Å². The Morgan fingerprint density at radius 2 is 2.14 bits per heavy atom. The van der Waals surface area contributed by atoms with Crippen LogP contribution in [-0.2, 0) is 4.74 Å². The van der Waals surface area contributed by atoms with Gasteiger partial charge in [-0.3, -0.25) is 4.79 Å². The Morgan fingerprint density at radius 3 is 2.81 bits per heavy atom. The molecule has 1 saturated heterocycles. The van der Waals surface area contributed by atoms with Crippen LogP contribution in [0.3, 0.4) is 0 Å². The molecule has 1 heterocycles. The molecule has 21 heavy (non-hydrogen) atoms. The molecule has 1 amide bonds. The topological polar surface area (TPSA) is 75.8 Å². The standard InChI is InChI=1S/C15H21IN2O3/c16-11-2-3-14(19)13(10-11)15(20)18-7-4-12(5-8-18)21-9-1-6-17/h2-3,10,12,19H,1,4-9,17H2. The molecule has 1 fully saturated rings. The Bertz CT molecular complexity index is 488. The van der Waals surface area contributed by atoms with E-state index in [4.69, 9.17) is 10.5 Å². The van der Waals surface area contributed by atoms with Gasteiger partial charge in [-0.25, -0.2) is 0 Å². The van der Waals surface area contributed by atoms with E-state index in [0.717, 1.165) is 22.8 Å². The molecular formula is C15H21IN2O3. The molecule has 116 valence electrons. The first kappa shape index (κ1) is 16.5. The quantitative estimate of drug-likeness (QED) is 0.581. The van der Waals surface area contributed by atoms with Crippen LogP contribution in [0.1, 0.15) is 29.6 Å². The van der Waals surface area contributed by atoms with Gasteiger partial charge in [-0.15, -0.1) is 0 Å². The molecule has 6 heteroatoms. The van der Waals surface area contributed by atoms with Crippen LogP contribution in [-0.4, -0.2) is 48.3 Å². The number of likely N-dealkylation sites (tertiary alicyclic amines) is 1. The Labute approximate surface area is 138 Å². The van der Waals surface area contributed by atoms with Crippen molar-refractivity contribution in [2.75, 3.05) is 26.2 Å². The smallest absolute Gasteiger partial charge is 0.257 e. The highest BCUT2D eigenvalue weighted by atomic mass is 127. The van der Waals surface area contributed by atoms with E-state index >= 15 is 0 Å². The lowest BCUT2D eigenvalue weighted by Gasteiger charge is -2.32. The van der Waals surface area contributed by atoms with Crippen LogP contribution in [0.15, 0.2) is 18.2 Å². The molecule has 3 N–H and O–H groups in total. The van der Waals surface area contributed by atoms with E-state index in [1.807, 2.05) is 0 Å². The van der Waals surface area contributed by atoms with Crippen molar-refractivity contribution in [3.63, 3.8) is 0 Å². The highest BCUT2D eigenvalue weighted by Crippen LogP contribution is 2.23. The fourth-order valence-corrected chi connectivity index (χ4v) is 2.90. The summed E-state index contributed by atoms with van der Waals surface area (Å²) in [6.07, 6.45) is 2.75. The van der Waals surface area contributed by atoms with Gasteiger partial charge in [0.1, 0.15) is 5.75 Å². The monoisotopic (exact) mass is 404 g/mol. The Morgan fingerprint density at radius 1 is 1.43 bits per heavy atom. The van der Waals surface area contributed by atoms with Crippen LogP contribution in [0.5, 0.6) is 5.75 Å². The number of carbonyl (C=O) groups is 1. The average Bonchev–Trinajstić information content (AvgIpc) is 2.50. The van der Waals surface area contributed by atoms with Crippen molar-refractivity contribution >= 4 is 28.5 Å². The number of hydrogen-bond donors (Lipinski definition) is 2. The van der Waals surface area contributed by atoms with Gasteiger partial charge in [0.05, 0.1) is 11.7 Å². The predicted octanol–water partition coefficient (Wildman–Crippen LogP) is 1.97. The summed E-state index contributed by atoms with van der Waals surface area (Å²) in [7, 11) is 0. The largest absolute Gasteiger partial charge is 0.507 e. The third kappa shape index (κ3) is 4.55. The first-order valence-electron chi connectivity index (χ1n) is 7.21. The summed E-state index contributed by atoms with van der Waals surface area (Å²) in [5.41, 5.74) is 5.82. The molecule has 0 bridgehead atoms. The number of aromatic hydroxyl groups is 1. The number of nitrogens with zero attached hydrogens (tertiary/aromatic N) is 1. The molecular weight excluding hydrogens is 383 g/mol. The number of amides is 1. The summed E-state index contributed by atoms with van der Waals surface area (Å²) in [6.45, 7) is 2.66. The number of rotatable bonds is 5. The van der Waals surface area contributed by atoms with Crippen LogP contribution in [0.4, 0.5) is 0 Å². The fraction of sp³-hybridized carbons (Fsp3) is 0.533. The van der Waals surface area contributed by atoms with Crippen LogP contribution in [0.25, 0.3) is 0 Å². The molecule has 1 aliphatic heterocycles. The third-order valence-corrected chi connectivity index (χ3v) is 4.29. The molecule has 5 nitrogen and oxygen atoms in total. The number of hydrogen-bond acceptors (Lipinski definition) is 4. The first-order chi connectivity index (χ1) is 10.1. The SMILES string of the molecule is NCCCOC1CCN(C(=O)c2cc(I)ccc2O)CC1. The summed E-state index contributed by atoms with van der Waals surface area (Å²) in [6, 6.07) is 5.07. The number of phenolic OH excluding ortho intramolecular Hbond substituents is 1. The van der Waals surface area contributed by atoms with Gasteiger partial charge in [0, 0.05) is 23.3 Å². The van der Waals surface area contributed by atoms with Crippen LogP contribution in [0.2, 0.25) is 0 Å². The predicted molar refractivity (Wildman–Crippen MR) is 89.4 cm³/mol. The molecule has 0 spiro atoms. The van der Waals surface area contributed by atoms with Gasteiger partial charge < -0.3 is 20.5 Å². The zero-order valence-electron chi connectivity index (χ0n) is 11.9. The number of piperidine rings is 1. The van der Waals surface area contributed by atoms with Crippen LogP contribution >= 0.6 is 22.6 Å². The first-order valence-corrected chi connectivity index (χ1v) is 8.29. The Hall–Kier alpha value is -0.860. The van der Waals surface area contributed by atoms with Crippen molar-refractivity contribution in [3.8, 4) is 5.75 Å². The minimum atomic E-state index is -0.105. The third-order valence-electron chi connectivity index (χ3n) is 3.62. The number of carbonyl (C=O) groups excluding carboxylic acids is 1. The van der Waals surface area contributed by atoms with Gasteiger partial charge >= 0.3 is 0 Å². The van der Waals surface area contributed by atoms with E-state index in [0.29, 0.717) is 31.8 Å². The number of nitrogens with two attached hydrogens (primary N) is 1. The lowest BCUT2D eigenvalue weighted by molar-refractivity contribution is 0.00838. The number of ether oxygens (including phenoxy) is 1. The molecule has 2 rings (SSSR count). The maximum absolute atomic E-state index is 12.4. The maximum Gasteiger partial charge on any atom is 0.257 e. The minimum absolute atomic E-state index is 0.0433. The van der Waals surface area contributed by atoms with E-state index < -0.39 is 0 Å². The molecule has 1 aliphatic rings.